The van der Waals surface area contributed by atoms with Crippen LogP contribution in [-0.4, -0.2) is 6.61 Å². The molecule has 0 aliphatic carbocycles. The average Bonchev–Trinajstić information content (AvgIpc) is 1.81. The minimum atomic E-state index is 0. The Balaban J connectivity index is -0.0000000817. The largest absolute Gasteiger partial charge is 0.555 e. The smallest absolute Gasteiger partial charge is 0.0110 e. The van der Waals surface area contributed by atoms with Crippen LogP contribution in [0.5, 0.6) is 0 Å². The Hall–Kier alpha value is -2.04. The first-order valence-corrected chi connectivity index (χ1v) is 3.08. The maximum absolute atomic E-state index is 4.62. The van der Waals surface area contributed by atoms with Crippen LogP contribution in [-0.2, 0) is 4.74 Å². The molecule has 0 aromatic heterocycles. The number of hydrogen-bond donors (Lipinski definition) is 0. The van der Waals surface area contributed by atoms with Crippen LogP contribution in [0.3, 0.4) is 0 Å². The van der Waals surface area contributed by atoms with E-state index in [0.29, 0.717) is 0 Å². The molecular weight excluding hydrogens is 646 g/mol. The molecule has 0 fully saturated rings. The molecular formula is C8H17ORf2-3. The van der Waals surface area contributed by atoms with Gasteiger partial charge in [-0.3, -0.25) is 0 Å². The first-order valence-electron chi connectivity index (χ1n) is 3.08. The first-order chi connectivity index (χ1) is 3.91. The summed E-state index contributed by atoms with van der Waals surface area (Å²) < 4.78 is 4.62. The summed E-state index contributed by atoms with van der Waals surface area (Å²) in [5.74, 6) is 0. The van der Waals surface area contributed by atoms with Crippen molar-refractivity contribution in [1.29, 1.82) is 0 Å². The molecule has 0 aliphatic heterocycles. The topological polar surface area (TPSA) is 9.23 Å². The van der Waals surface area contributed by atoms with E-state index in [1.807, 2.05) is 0 Å². The zero-order valence-electron chi connectivity index (χ0n) is 7.77. The molecule has 0 rings (SSSR count). The molecule has 0 heterocycles. The number of ether oxygens (including phenoxy) is 1. The summed E-state index contributed by atoms with van der Waals surface area (Å²) in [6.45, 7) is 4.52. The normalized spacial score (nSPS) is 7.09. The second-order valence-electron chi connectivity index (χ2n) is 1.82. The van der Waals surface area contributed by atoms with Crippen molar-refractivity contribution in [2.75, 3.05) is 6.61 Å². The Morgan fingerprint density at radius 3 is 1.91 bits per heavy atom. The average molecular weight is 663 g/mol. The van der Waals surface area contributed by atoms with Crippen molar-refractivity contribution in [3.63, 3.8) is 0 Å². The van der Waals surface area contributed by atoms with Gasteiger partial charge < -0.3 is 19.1 Å². The monoisotopic (exact) mass is 663 g/mol. The van der Waals surface area contributed by atoms with Crippen molar-refractivity contribution in [1.82, 2.24) is 0 Å². The summed E-state index contributed by atoms with van der Waals surface area (Å²) in [5.41, 5.74) is 0. The van der Waals surface area contributed by atoms with Gasteiger partial charge in [0.05, 0.1) is 0 Å². The molecule has 11 heavy (non-hydrogen) atoms. The molecule has 0 aromatic rings. The zero-order valence-corrected chi connectivity index (χ0v) is 20.6. The first kappa shape index (κ1) is 23.1. The number of rotatable bonds is 5. The van der Waals surface area contributed by atoms with E-state index in [-0.39, 0.29) is 7.43 Å². The third kappa shape index (κ3) is 32.3. The van der Waals surface area contributed by atoms with Crippen LogP contribution < -0.4 is 0 Å². The summed E-state index contributed by atoms with van der Waals surface area (Å²) in [5, 5.41) is 0. The summed E-state index contributed by atoms with van der Waals surface area (Å²) in [4.78, 5) is 0. The summed E-state index contributed by atoms with van der Waals surface area (Å²) in [6.07, 6.45) is 4.60. The molecule has 1 nitrogen and oxygen atoms in total. The Morgan fingerprint density at radius 2 is 1.55 bits per heavy atom. The summed E-state index contributed by atoms with van der Waals surface area (Å²) in [6, 6.07) is 0. The van der Waals surface area contributed by atoms with Gasteiger partial charge in [0.1, 0.15) is 0 Å². The predicted octanol–water partition coefficient (Wildman–Crippen LogP) is 2.64. The van der Waals surface area contributed by atoms with E-state index in [4.69, 9.17) is 0 Å². The molecule has 0 saturated carbocycles. The van der Waals surface area contributed by atoms with Crippen LogP contribution in [0.15, 0.2) is 0 Å². The number of unbranched alkanes of at least 4 members (excludes halogenated alkanes) is 3. The van der Waals surface area contributed by atoms with E-state index in [0.717, 1.165) is 19.4 Å². The van der Waals surface area contributed by atoms with Gasteiger partial charge in [-0.1, -0.05) is 12.8 Å². The Morgan fingerprint density at radius 1 is 1.00 bits per heavy atom. The van der Waals surface area contributed by atoms with Crippen molar-refractivity contribution >= 4 is 0 Å². The minimum absolute atomic E-state index is 0. The maximum Gasteiger partial charge on any atom is 0.0110 e. The molecule has 0 unspecified atom stereocenters. The quantitative estimate of drug-likeness (QED) is 0.325. The standard InChI is InChI=1S/C7H14O.CH3.2Rf/c1-3-4-5-6-7-8-2;;;/h1-7H2;1H3;;/q-2;-1;;. The molecule has 0 N–H and O–H groups in total. The predicted molar refractivity (Wildman–Crippen MR) is 41.5 cm³/mol. The Bertz CT molecular complexity index is 37.1. The third-order valence-electron chi connectivity index (χ3n) is 1.04. The van der Waals surface area contributed by atoms with Crippen LogP contribution in [0.1, 0.15) is 25.7 Å². The van der Waals surface area contributed by atoms with Crippen molar-refractivity contribution in [3.05, 3.63) is 21.5 Å². The van der Waals surface area contributed by atoms with Crippen molar-refractivity contribution < 1.29 is 4.74 Å². The van der Waals surface area contributed by atoms with Gasteiger partial charge in [-0.25, -0.2) is 7.11 Å². The van der Waals surface area contributed by atoms with E-state index in [1.54, 1.807) is 0 Å². The van der Waals surface area contributed by atoms with Gasteiger partial charge in [-0.2, -0.15) is 6.42 Å². The van der Waals surface area contributed by atoms with Crippen LogP contribution in [0, 0.1) is 21.5 Å². The zero-order chi connectivity index (χ0) is 6.24. The van der Waals surface area contributed by atoms with Gasteiger partial charge in [0, 0.05) is 6.61 Å². The summed E-state index contributed by atoms with van der Waals surface area (Å²) in [7, 11) is 3.27. The minimum Gasteiger partial charge on any atom is -0.555 e. The van der Waals surface area contributed by atoms with Gasteiger partial charge in [-0.15, -0.1) is 0 Å². The molecule has 3 heteroatoms. The van der Waals surface area contributed by atoms with Crippen molar-refractivity contribution in [3.8, 4) is 0 Å². The van der Waals surface area contributed by atoms with E-state index in [2.05, 4.69) is 18.8 Å². The maximum atomic E-state index is 4.62. The third-order valence-corrected chi connectivity index (χ3v) is 1.04. The van der Waals surface area contributed by atoms with E-state index < -0.39 is 0 Å². The van der Waals surface area contributed by atoms with Crippen LogP contribution in [0.4, 0.5) is 0 Å². The van der Waals surface area contributed by atoms with E-state index in [9.17, 15) is 0 Å². The summed E-state index contributed by atoms with van der Waals surface area (Å²) >= 11 is 0. The van der Waals surface area contributed by atoms with Gasteiger partial charge in [-0.05, 0) is 6.42 Å². The molecule has 0 atom stereocenters. The van der Waals surface area contributed by atoms with Crippen LogP contribution in [0.2, 0.25) is 0 Å². The van der Waals surface area contributed by atoms with Crippen molar-refractivity contribution in [2.24, 2.45) is 0 Å². The van der Waals surface area contributed by atoms with E-state index >= 15 is 0 Å². The molecule has 0 bridgehead atoms. The second-order valence-corrected chi connectivity index (χ2v) is 1.82. The van der Waals surface area contributed by atoms with Gasteiger partial charge in [0.25, 0.3) is 0 Å². The Kier molecular flexibility index (Phi) is 51.6. The number of hydrogen-bond acceptors (Lipinski definition) is 1. The van der Waals surface area contributed by atoms with Gasteiger partial charge in [0.15, 0.2) is 0 Å². The molecule has 0 saturated heterocycles. The fourth-order valence-corrected chi connectivity index (χ4v) is 0.558. The molecule has 0 spiro atoms. The molecule has 0 aliphatic rings. The van der Waals surface area contributed by atoms with Crippen LogP contribution in [0.25, 0.3) is 0 Å². The van der Waals surface area contributed by atoms with Gasteiger partial charge in [0.2, 0.25) is 0 Å². The van der Waals surface area contributed by atoms with Crippen LogP contribution >= 0.6 is 0 Å². The SMILES string of the molecule is [CH2-]CCCCCO[CH2-].[CH3-].[Rf].[Rf]. The van der Waals surface area contributed by atoms with E-state index in [1.165, 1.54) is 12.8 Å². The van der Waals surface area contributed by atoms with Crippen molar-refractivity contribution in [2.45, 2.75) is 25.7 Å². The fourth-order valence-electron chi connectivity index (χ4n) is 0.558. The van der Waals surface area contributed by atoms with Gasteiger partial charge >= 0.3 is 0 Å². The molecule has 0 radical (unpaired) electrons. The Labute approximate surface area is 59.4 Å². The second kappa shape index (κ2) is 24.6. The molecule has 0 aromatic carbocycles. The fraction of sp³-hybridized carbons (Fsp3) is 0.625. The molecule has 62 valence electrons. The molecule has 0 amide bonds.